The van der Waals surface area contributed by atoms with Gasteiger partial charge in [0, 0.05) is 66.7 Å². The molecule has 2 aliphatic heterocycles. The van der Waals surface area contributed by atoms with Crippen LogP contribution in [0.15, 0.2) is 29.3 Å². The molecule has 0 radical (unpaired) electrons. The van der Waals surface area contributed by atoms with Gasteiger partial charge < -0.3 is 15.4 Å². The largest absolute Gasteiger partial charge is 0.508 e. The van der Waals surface area contributed by atoms with Gasteiger partial charge in [-0.1, -0.05) is 60.8 Å². The molecule has 1 aromatic heterocycles. The summed E-state index contributed by atoms with van der Waals surface area (Å²) in [5.74, 6) is 0.836. The summed E-state index contributed by atoms with van der Waals surface area (Å²) in [6, 6.07) is 3.96. The van der Waals surface area contributed by atoms with E-state index in [-0.39, 0.29) is 33.7 Å². The van der Waals surface area contributed by atoms with E-state index in [0.29, 0.717) is 44.0 Å². The molecule has 0 bridgehead atoms. The minimum atomic E-state index is -0.249. The molecular formula is C42H64N4O5S. The Hall–Kier alpha value is -3.11. The van der Waals surface area contributed by atoms with Crippen LogP contribution in [0.2, 0.25) is 0 Å². The summed E-state index contributed by atoms with van der Waals surface area (Å²) < 4.78 is 0.0743. The number of thioether (sulfide) groups is 1. The number of hydrogen-bond acceptors (Lipinski definition) is 7. The van der Waals surface area contributed by atoms with Gasteiger partial charge in [-0.2, -0.15) is 0 Å². The third-order valence-corrected chi connectivity index (χ3v) is 11.2. The van der Waals surface area contributed by atoms with Crippen LogP contribution in [0.3, 0.4) is 0 Å². The summed E-state index contributed by atoms with van der Waals surface area (Å²) in [6.45, 7) is 17.4. The minimum absolute atomic E-state index is 0.0743. The number of ketones is 1. The number of aromatic amines is 1. The number of benzene rings is 1. The van der Waals surface area contributed by atoms with Crippen LogP contribution < -0.4 is 5.32 Å². The predicted octanol–water partition coefficient (Wildman–Crippen LogP) is 8.47. The van der Waals surface area contributed by atoms with Gasteiger partial charge in [0.2, 0.25) is 5.91 Å². The van der Waals surface area contributed by atoms with E-state index < -0.39 is 0 Å². The van der Waals surface area contributed by atoms with Crippen LogP contribution in [0.25, 0.3) is 10.9 Å². The molecule has 0 saturated carbocycles. The number of phenolic OH excluding ortho intramolecular Hbond substituents is 1. The average Bonchev–Trinajstić information content (AvgIpc) is 3.56. The molecule has 0 atom stereocenters. The standard InChI is InChI=1S/C42H64N4O5S/c1-41(2,3)28-33-32-17-18-35(48)34(39(32)44-40(33)52-42(4,5)6)29-45-26-22-30(23-27-45)21-24-43-36(49)16-12-8-7-10-14-31(47)15-11-9-13-25-46-37(50)19-20-38(46)51/h17-20,30,44,48H,7-16,21-29H2,1-6H3,(H,43,49). The molecule has 1 saturated heterocycles. The first-order valence-electron chi connectivity index (χ1n) is 19.7. The molecule has 1 fully saturated rings. The molecule has 3 amide bonds. The summed E-state index contributed by atoms with van der Waals surface area (Å²) in [6.07, 6.45) is 14.4. The van der Waals surface area contributed by atoms with Crippen molar-refractivity contribution in [3.05, 3.63) is 35.4 Å². The van der Waals surface area contributed by atoms with Gasteiger partial charge in [-0.25, -0.2) is 0 Å². The van der Waals surface area contributed by atoms with E-state index >= 15 is 0 Å². The number of nitrogens with zero attached hydrogens (tertiary/aromatic N) is 2. The van der Waals surface area contributed by atoms with Crippen molar-refractivity contribution in [1.29, 1.82) is 0 Å². The second kappa shape index (κ2) is 19.3. The quantitative estimate of drug-likeness (QED) is 0.0708. The van der Waals surface area contributed by atoms with Crippen LogP contribution in [0.4, 0.5) is 0 Å². The lowest BCUT2D eigenvalue weighted by Gasteiger charge is -2.32. The number of unbranched alkanes of at least 4 members (excludes halogenated alkanes) is 5. The molecule has 288 valence electrons. The van der Waals surface area contributed by atoms with E-state index in [9.17, 15) is 24.3 Å². The van der Waals surface area contributed by atoms with Gasteiger partial charge in [0.1, 0.15) is 11.5 Å². The Bertz CT molecular complexity index is 1540. The number of Topliss-reactive ketones (excluding diaryl/α,β-unsaturated/α-hetero) is 1. The number of likely N-dealkylation sites (tertiary alicyclic amines) is 1. The molecule has 9 nitrogen and oxygen atoms in total. The fourth-order valence-electron chi connectivity index (χ4n) is 7.27. The first-order valence-corrected chi connectivity index (χ1v) is 20.5. The van der Waals surface area contributed by atoms with Gasteiger partial charge in [0.05, 0.1) is 10.5 Å². The van der Waals surface area contributed by atoms with E-state index in [2.05, 4.69) is 62.8 Å². The number of hydrogen-bond donors (Lipinski definition) is 3. The van der Waals surface area contributed by atoms with Crippen molar-refractivity contribution in [3.63, 3.8) is 0 Å². The zero-order valence-corrected chi connectivity index (χ0v) is 33.5. The third-order valence-electron chi connectivity index (χ3n) is 10.1. The van der Waals surface area contributed by atoms with Crippen molar-refractivity contribution < 1.29 is 24.3 Å². The minimum Gasteiger partial charge on any atom is -0.508 e. The maximum absolute atomic E-state index is 12.4. The normalized spacial score (nSPS) is 16.1. The van der Waals surface area contributed by atoms with E-state index in [1.165, 1.54) is 33.0 Å². The first-order chi connectivity index (χ1) is 24.6. The molecule has 3 N–H and O–H groups in total. The highest BCUT2D eigenvalue weighted by atomic mass is 32.2. The van der Waals surface area contributed by atoms with Crippen molar-refractivity contribution in [3.8, 4) is 5.75 Å². The number of imide groups is 1. The van der Waals surface area contributed by atoms with Crippen molar-refractivity contribution in [2.45, 2.75) is 148 Å². The number of H-pyrrole nitrogens is 1. The number of carbonyl (C=O) groups excluding carboxylic acids is 4. The summed E-state index contributed by atoms with van der Waals surface area (Å²) in [4.78, 5) is 55.2. The molecular weight excluding hydrogens is 673 g/mol. The summed E-state index contributed by atoms with van der Waals surface area (Å²) >= 11 is 1.87. The number of phenols is 1. The zero-order valence-electron chi connectivity index (χ0n) is 32.7. The lowest BCUT2D eigenvalue weighted by Crippen LogP contribution is -2.35. The summed E-state index contributed by atoms with van der Waals surface area (Å²) in [5, 5.41) is 16.6. The predicted molar refractivity (Wildman–Crippen MR) is 211 cm³/mol. The van der Waals surface area contributed by atoms with Crippen molar-refractivity contribution in [2.24, 2.45) is 11.3 Å². The Kier molecular flexibility index (Phi) is 15.4. The maximum atomic E-state index is 12.4. The first kappa shape index (κ1) is 41.6. The van der Waals surface area contributed by atoms with E-state index in [0.717, 1.165) is 101 Å². The van der Waals surface area contributed by atoms with Gasteiger partial charge in [-0.15, -0.1) is 11.8 Å². The van der Waals surface area contributed by atoms with Gasteiger partial charge in [0.15, 0.2) is 0 Å². The highest BCUT2D eigenvalue weighted by Crippen LogP contribution is 2.42. The van der Waals surface area contributed by atoms with Crippen LogP contribution in [0.5, 0.6) is 5.75 Å². The number of rotatable bonds is 20. The van der Waals surface area contributed by atoms with Crippen LogP contribution in [-0.2, 0) is 32.1 Å². The Morgan fingerprint density at radius 1 is 0.865 bits per heavy atom. The zero-order chi connectivity index (χ0) is 37.9. The van der Waals surface area contributed by atoms with Crippen LogP contribution in [-0.4, -0.2) is 74.3 Å². The van der Waals surface area contributed by atoms with Crippen molar-refractivity contribution in [1.82, 2.24) is 20.1 Å². The van der Waals surface area contributed by atoms with Gasteiger partial charge in [-0.05, 0) is 93.5 Å². The lowest BCUT2D eigenvalue weighted by atomic mass is 9.88. The van der Waals surface area contributed by atoms with Gasteiger partial charge in [-0.3, -0.25) is 29.0 Å². The Morgan fingerprint density at radius 3 is 2.10 bits per heavy atom. The molecule has 1 aromatic carbocycles. The maximum Gasteiger partial charge on any atom is 0.253 e. The monoisotopic (exact) mass is 736 g/mol. The second-order valence-electron chi connectivity index (χ2n) is 17.2. The van der Waals surface area contributed by atoms with E-state index in [4.69, 9.17) is 0 Å². The lowest BCUT2D eigenvalue weighted by molar-refractivity contribution is -0.137. The van der Waals surface area contributed by atoms with Gasteiger partial charge in [0.25, 0.3) is 11.8 Å². The molecule has 10 heteroatoms. The second-order valence-corrected chi connectivity index (χ2v) is 19.0. The van der Waals surface area contributed by atoms with Crippen LogP contribution >= 0.6 is 11.8 Å². The Morgan fingerprint density at radius 2 is 1.48 bits per heavy atom. The Balaban J connectivity index is 1.07. The SMILES string of the molecule is CC(C)(C)Cc1c(SC(C)(C)C)[nH]c2c(CN3CCC(CCNC(=O)CCCCCCC(=O)CCCCCN4C(=O)C=CC4=O)CC3)c(O)ccc12. The molecule has 4 rings (SSSR count). The molecule has 52 heavy (non-hydrogen) atoms. The smallest absolute Gasteiger partial charge is 0.253 e. The number of aromatic hydroxyl groups is 1. The molecule has 0 aliphatic carbocycles. The van der Waals surface area contributed by atoms with E-state index in [1.54, 1.807) is 0 Å². The number of fused-ring (bicyclic) bond motifs is 1. The number of carbonyl (C=O) groups is 4. The Labute approximate surface area is 316 Å². The number of nitrogens with one attached hydrogen (secondary N) is 2. The van der Waals surface area contributed by atoms with Crippen molar-refractivity contribution in [2.75, 3.05) is 26.2 Å². The van der Waals surface area contributed by atoms with Crippen LogP contribution in [0, 0.1) is 11.3 Å². The molecule has 0 unspecified atom stereocenters. The average molecular weight is 737 g/mol. The summed E-state index contributed by atoms with van der Waals surface area (Å²) in [5.41, 5.74) is 3.56. The molecule has 0 spiro atoms. The number of aromatic nitrogens is 1. The summed E-state index contributed by atoms with van der Waals surface area (Å²) in [7, 11) is 0. The highest BCUT2D eigenvalue weighted by molar-refractivity contribution is 8.00. The number of amides is 3. The highest BCUT2D eigenvalue weighted by Gasteiger charge is 2.27. The van der Waals surface area contributed by atoms with Gasteiger partial charge >= 0.3 is 0 Å². The van der Waals surface area contributed by atoms with E-state index in [1.807, 2.05) is 17.8 Å². The number of piperidine rings is 1. The molecule has 2 aliphatic rings. The molecule has 2 aromatic rings. The van der Waals surface area contributed by atoms with Crippen molar-refractivity contribution >= 4 is 46.2 Å². The fraction of sp³-hybridized carbons (Fsp3) is 0.667. The molecule has 3 heterocycles. The van der Waals surface area contributed by atoms with Crippen LogP contribution in [0.1, 0.15) is 136 Å². The topological polar surface area (TPSA) is 123 Å². The third kappa shape index (κ3) is 13.4. The fourth-order valence-corrected chi connectivity index (χ4v) is 8.34.